The molecule has 0 unspecified atom stereocenters. The van der Waals surface area contributed by atoms with Gasteiger partial charge in [-0.2, -0.15) is 0 Å². The number of aliphatic hydroxyl groups excluding tert-OH is 1. The smallest absolute Gasteiger partial charge is 0.162 e. The van der Waals surface area contributed by atoms with E-state index in [9.17, 15) is 8.78 Å². The molecule has 0 aliphatic carbocycles. The van der Waals surface area contributed by atoms with Crippen molar-refractivity contribution in [1.29, 1.82) is 0 Å². The summed E-state index contributed by atoms with van der Waals surface area (Å²) in [5.74, 6) is -1.43. The fourth-order valence-electron chi connectivity index (χ4n) is 2.86. The molecule has 1 aliphatic rings. The number of aromatic nitrogens is 1. The zero-order valence-electron chi connectivity index (χ0n) is 17.3. The van der Waals surface area contributed by atoms with E-state index < -0.39 is 11.6 Å². The topological polar surface area (TPSA) is 66.4 Å². The number of nitrogens with zero attached hydrogens (tertiary/aromatic N) is 1. The van der Waals surface area contributed by atoms with Crippen molar-refractivity contribution < 1.29 is 18.6 Å². The molecule has 0 amide bonds. The van der Waals surface area contributed by atoms with E-state index in [-0.39, 0.29) is 6.61 Å². The molecular formula is C22H29F2N3O2S. The summed E-state index contributed by atoms with van der Waals surface area (Å²) in [6.45, 7) is 5.11. The lowest BCUT2D eigenvalue weighted by Gasteiger charge is -2.23. The summed E-state index contributed by atoms with van der Waals surface area (Å²) in [5.41, 5.74) is 1.12. The molecule has 0 spiro atoms. The van der Waals surface area contributed by atoms with Crippen molar-refractivity contribution in [3.05, 3.63) is 59.1 Å². The van der Waals surface area contributed by atoms with Crippen LogP contribution >= 0.6 is 11.3 Å². The summed E-state index contributed by atoms with van der Waals surface area (Å²) < 4.78 is 30.4. The van der Waals surface area contributed by atoms with Gasteiger partial charge in [-0.05, 0) is 57.1 Å². The molecule has 0 bridgehead atoms. The molecule has 2 heterocycles. The fourth-order valence-corrected chi connectivity index (χ4v) is 3.78. The SMILES string of the molecule is CCO.COc1ccc(F)c(F)c1.c1ccc2sc(CNC3CCNCC3)nc2c1. The zero-order valence-corrected chi connectivity index (χ0v) is 18.1. The van der Waals surface area contributed by atoms with Crippen LogP contribution in [0, 0.1) is 11.6 Å². The van der Waals surface area contributed by atoms with Crippen LogP contribution in [0.5, 0.6) is 5.75 Å². The maximum Gasteiger partial charge on any atom is 0.162 e. The van der Waals surface area contributed by atoms with Gasteiger partial charge in [0.2, 0.25) is 0 Å². The predicted molar refractivity (Wildman–Crippen MR) is 118 cm³/mol. The standard InChI is InChI=1S/C13H17N3S.C7H6F2O.C2H6O/c1-2-4-12-11(3-1)16-13(17-12)9-15-10-5-7-14-8-6-10;1-10-5-2-3-6(8)7(9)4-5;1-2-3/h1-4,10,14-15H,5-9H2;2-4H,1H3;3H,2H2,1H3. The zero-order chi connectivity index (χ0) is 21.8. The van der Waals surface area contributed by atoms with E-state index in [1.807, 2.05) is 6.07 Å². The second-order valence-corrected chi connectivity index (χ2v) is 7.69. The van der Waals surface area contributed by atoms with Gasteiger partial charge in [0.25, 0.3) is 0 Å². The van der Waals surface area contributed by atoms with Gasteiger partial charge in [0.1, 0.15) is 10.8 Å². The van der Waals surface area contributed by atoms with E-state index in [0.717, 1.165) is 37.3 Å². The predicted octanol–water partition coefficient (Wildman–Crippen LogP) is 4.11. The number of methoxy groups -OCH3 is 1. The molecule has 2 aromatic carbocycles. The average Bonchev–Trinajstić information content (AvgIpc) is 3.19. The number of fused-ring (bicyclic) bond motifs is 1. The quantitative estimate of drug-likeness (QED) is 0.573. The van der Waals surface area contributed by atoms with Crippen molar-refractivity contribution in [3.8, 4) is 5.75 Å². The third kappa shape index (κ3) is 7.95. The molecule has 30 heavy (non-hydrogen) atoms. The van der Waals surface area contributed by atoms with E-state index in [1.165, 1.54) is 35.7 Å². The number of hydrogen-bond donors (Lipinski definition) is 3. The molecule has 1 aliphatic heterocycles. The highest BCUT2D eigenvalue weighted by atomic mass is 32.1. The van der Waals surface area contributed by atoms with Crippen LogP contribution in [0.4, 0.5) is 8.78 Å². The van der Waals surface area contributed by atoms with E-state index in [0.29, 0.717) is 11.8 Å². The lowest BCUT2D eigenvalue weighted by Crippen LogP contribution is -2.39. The minimum atomic E-state index is -0.889. The van der Waals surface area contributed by atoms with Crippen molar-refractivity contribution >= 4 is 21.6 Å². The third-order valence-corrected chi connectivity index (χ3v) is 5.38. The highest BCUT2D eigenvalue weighted by Gasteiger charge is 2.12. The summed E-state index contributed by atoms with van der Waals surface area (Å²) >= 11 is 1.80. The molecule has 0 atom stereocenters. The number of piperidine rings is 1. The van der Waals surface area contributed by atoms with Gasteiger partial charge < -0.3 is 20.5 Å². The van der Waals surface area contributed by atoms with Crippen LogP contribution in [-0.2, 0) is 6.54 Å². The largest absolute Gasteiger partial charge is 0.497 e. The fraction of sp³-hybridized carbons (Fsp3) is 0.409. The molecule has 1 fully saturated rings. The van der Waals surface area contributed by atoms with E-state index in [2.05, 4.69) is 38.6 Å². The van der Waals surface area contributed by atoms with Crippen molar-refractivity contribution in [3.63, 3.8) is 0 Å². The van der Waals surface area contributed by atoms with Crippen LogP contribution in [0.3, 0.4) is 0 Å². The Morgan fingerprint density at radius 3 is 2.50 bits per heavy atom. The van der Waals surface area contributed by atoms with Gasteiger partial charge in [-0.25, -0.2) is 13.8 Å². The van der Waals surface area contributed by atoms with Gasteiger partial charge in [0, 0.05) is 25.3 Å². The summed E-state index contributed by atoms with van der Waals surface area (Å²) in [6, 6.07) is 12.4. The molecule has 3 N–H and O–H groups in total. The number of para-hydroxylation sites is 1. The first-order chi connectivity index (χ1) is 14.6. The lowest BCUT2D eigenvalue weighted by atomic mass is 10.1. The van der Waals surface area contributed by atoms with Gasteiger partial charge in [0.15, 0.2) is 11.6 Å². The number of halogens is 2. The molecular weight excluding hydrogens is 408 g/mol. The Balaban J connectivity index is 0.000000210. The molecule has 164 valence electrons. The van der Waals surface area contributed by atoms with Gasteiger partial charge >= 0.3 is 0 Å². The number of aliphatic hydroxyl groups is 1. The van der Waals surface area contributed by atoms with Crippen LogP contribution in [0.1, 0.15) is 24.8 Å². The van der Waals surface area contributed by atoms with Gasteiger partial charge in [-0.3, -0.25) is 0 Å². The van der Waals surface area contributed by atoms with E-state index in [4.69, 9.17) is 5.11 Å². The Morgan fingerprint density at radius 1 is 1.17 bits per heavy atom. The number of ether oxygens (including phenoxy) is 1. The van der Waals surface area contributed by atoms with Crippen LogP contribution in [0.2, 0.25) is 0 Å². The third-order valence-electron chi connectivity index (χ3n) is 4.35. The Kier molecular flexibility index (Phi) is 10.6. The number of benzene rings is 2. The second-order valence-electron chi connectivity index (χ2n) is 6.58. The first-order valence-corrected chi connectivity index (χ1v) is 10.8. The second kappa shape index (κ2) is 13.2. The molecule has 4 rings (SSSR count). The van der Waals surface area contributed by atoms with E-state index >= 15 is 0 Å². The van der Waals surface area contributed by atoms with Gasteiger partial charge in [-0.1, -0.05) is 12.1 Å². The first kappa shape index (κ1) is 24.1. The number of rotatable bonds is 4. The molecule has 0 saturated carbocycles. The number of hydrogen-bond acceptors (Lipinski definition) is 6. The molecule has 5 nitrogen and oxygen atoms in total. The number of nitrogens with one attached hydrogen (secondary N) is 2. The molecule has 1 aromatic heterocycles. The molecule has 8 heteroatoms. The summed E-state index contributed by atoms with van der Waals surface area (Å²) in [4.78, 5) is 4.64. The highest BCUT2D eigenvalue weighted by molar-refractivity contribution is 7.18. The number of thiazole rings is 1. The van der Waals surface area contributed by atoms with Crippen LogP contribution in [0.15, 0.2) is 42.5 Å². The van der Waals surface area contributed by atoms with Crippen LogP contribution < -0.4 is 15.4 Å². The summed E-state index contributed by atoms with van der Waals surface area (Å²) in [5, 5.41) is 15.8. The molecule has 3 aromatic rings. The van der Waals surface area contributed by atoms with Gasteiger partial charge in [0.05, 0.1) is 17.3 Å². The van der Waals surface area contributed by atoms with Crippen molar-refractivity contribution in [2.75, 3.05) is 26.8 Å². The maximum atomic E-state index is 12.3. The minimum Gasteiger partial charge on any atom is -0.497 e. The minimum absolute atomic E-state index is 0.250. The van der Waals surface area contributed by atoms with E-state index in [1.54, 1.807) is 18.3 Å². The van der Waals surface area contributed by atoms with Crippen molar-refractivity contribution in [2.45, 2.75) is 32.4 Å². The molecule has 0 radical (unpaired) electrons. The normalized spacial score (nSPS) is 13.8. The maximum absolute atomic E-state index is 12.3. The molecule has 1 saturated heterocycles. The Morgan fingerprint density at radius 2 is 1.87 bits per heavy atom. The van der Waals surface area contributed by atoms with Crippen molar-refractivity contribution in [2.24, 2.45) is 0 Å². The van der Waals surface area contributed by atoms with Crippen LogP contribution in [-0.4, -0.2) is 42.9 Å². The monoisotopic (exact) mass is 437 g/mol. The lowest BCUT2D eigenvalue weighted by molar-refractivity contribution is 0.318. The van der Waals surface area contributed by atoms with Crippen LogP contribution in [0.25, 0.3) is 10.2 Å². The highest BCUT2D eigenvalue weighted by Crippen LogP contribution is 2.21. The first-order valence-electron chi connectivity index (χ1n) is 9.95. The Labute approximate surface area is 180 Å². The summed E-state index contributed by atoms with van der Waals surface area (Å²) in [7, 11) is 1.40. The average molecular weight is 438 g/mol. The Hall–Kier alpha value is -2.13. The summed E-state index contributed by atoms with van der Waals surface area (Å²) in [6.07, 6.45) is 2.45. The Bertz CT molecular complexity index is 853. The van der Waals surface area contributed by atoms with Gasteiger partial charge in [-0.15, -0.1) is 11.3 Å². The van der Waals surface area contributed by atoms with Crippen molar-refractivity contribution in [1.82, 2.24) is 15.6 Å².